The van der Waals surface area contributed by atoms with Crippen LogP contribution in [0.25, 0.3) is 0 Å². The summed E-state index contributed by atoms with van der Waals surface area (Å²) in [6.45, 7) is 0.293. The lowest BCUT2D eigenvalue weighted by Gasteiger charge is -2.10. The molecule has 0 atom stereocenters. The van der Waals surface area contributed by atoms with Crippen molar-refractivity contribution in [2.24, 2.45) is 0 Å². The van der Waals surface area contributed by atoms with Crippen LogP contribution in [0.15, 0.2) is 12.1 Å². The first-order valence-electron chi connectivity index (χ1n) is 4.40. The van der Waals surface area contributed by atoms with Crippen molar-refractivity contribution in [3.8, 4) is 5.75 Å². The normalized spacial score (nSPS) is 10.4. The molecule has 0 aliphatic rings. The zero-order chi connectivity index (χ0) is 11.3. The zero-order valence-corrected chi connectivity index (χ0v) is 9.05. The van der Waals surface area contributed by atoms with Crippen LogP contribution in [0.4, 0.5) is 4.39 Å². The van der Waals surface area contributed by atoms with Crippen molar-refractivity contribution < 1.29 is 19.0 Å². The molecular weight excluding hydrogens is 223 g/mol. The standard InChI is InChI=1S/C10H12ClFO3/c1-14-4-5-15-9-3-2-8(12)7(6-13)10(9)11/h2-3,13H,4-6H2,1H3. The van der Waals surface area contributed by atoms with Crippen LogP contribution in [0, 0.1) is 5.82 Å². The van der Waals surface area contributed by atoms with Gasteiger partial charge in [0.25, 0.3) is 0 Å². The highest BCUT2D eigenvalue weighted by atomic mass is 35.5. The average Bonchev–Trinajstić information content (AvgIpc) is 2.22. The van der Waals surface area contributed by atoms with Crippen LogP contribution in [0.2, 0.25) is 5.02 Å². The quantitative estimate of drug-likeness (QED) is 0.792. The van der Waals surface area contributed by atoms with Gasteiger partial charge in [-0.15, -0.1) is 0 Å². The van der Waals surface area contributed by atoms with E-state index in [1.807, 2.05) is 0 Å². The summed E-state index contributed by atoms with van der Waals surface area (Å²) in [6.07, 6.45) is 0. The van der Waals surface area contributed by atoms with E-state index in [2.05, 4.69) is 0 Å². The lowest BCUT2D eigenvalue weighted by Crippen LogP contribution is -2.05. The summed E-state index contributed by atoms with van der Waals surface area (Å²) in [4.78, 5) is 0. The van der Waals surface area contributed by atoms with Gasteiger partial charge < -0.3 is 14.6 Å². The summed E-state index contributed by atoms with van der Waals surface area (Å²) in [5, 5.41) is 9.00. The minimum Gasteiger partial charge on any atom is -0.490 e. The predicted molar refractivity (Wildman–Crippen MR) is 54.7 cm³/mol. The smallest absolute Gasteiger partial charge is 0.138 e. The summed E-state index contributed by atoms with van der Waals surface area (Å²) in [5.41, 5.74) is 0.0478. The Morgan fingerprint density at radius 2 is 2.13 bits per heavy atom. The number of hydrogen-bond acceptors (Lipinski definition) is 3. The number of rotatable bonds is 5. The average molecular weight is 235 g/mol. The molecule has 1 aromatic carbocycles. The van der Waals surface area contributed by atoms with Gasteiger partial charge in [0, 0.05) is 12.7 Å². The molecule has 3 nitrogen and oxygen atoms in total. The maximum atomic E-state index is 13.1. The molecule has 0 amide bonds. The van der Waals surface area contributed by atoms with E-state index in [0.29, 0.717) is 19.0 Å². The minimum absolute atomic E-state index is 0.0478. The van der Waals surface area contributed by atoms with Gasteiger partial charge in [-0.1, -0.05) is 11.6 Å². The van der Waals surface area contributed by atoms with Gasteiger partial charge in [-0.05, 0) is 12.1 Å². The number of hydrogen-bond donors (Lipinski definition) is 1. The van der Waals surface area contributed by atoms with Crippen LogP contribution in [0.5, 0.6) is 5.75 Å². The Morgan fingerprint density at radius 3 is 2.73 bits per heavy atom. The molecule has 0 aromatic heterocycles. The van der Waals surface area contributed by atoms with E-state index in [0.717, 1.165) is 0 Å². The van der Waals surface area contributed by atoms with Crippen molar-refractivity contribution in [3.63, 3.8) is 0 Å². The molecule has 0 aliphatic carbocycles. The monoisotopic (exact) mass is 234 g/mol. The molecule has 1 aromatic rings. The van der Waals surface area contributed by atoms with Crippen LogP contribution < -0.4 is 4.74 Å². The fourth-order valence-electron chi connectivity index (χ4n) is 1.07. The van der Waals surface area contributed by atoms with Gasteiger partial charge in [0.2, 0.25) is 0 Å². The molecule has 0 fully saturated rings. The predicted octanol–water partition coefficient (Wildman–Crippen LogP) is 2.00. The largest absolute Gasteiger partial charge is 0.490 e. The summed E-state index contributed by atoms with van der Waals surface area (Å²) < 4.78 is 23.1. The number of halogens is 2. The van der Waals surface area contributed by atoms with Crippen LogP contribution in [0.3, 0.4) is 0 Å². The van der Waals surface area contributed by atoms with Gasteiger partial charge in [-0.2, -0.15) is 0 Å². The second-order valence-electron chi connectivity index (χ2n) is 2.84. The third kappa shape index (κ3) is 3.06. The Labute approximate surface area is 92.4 Å². The minimum atomic E-state index is -0.540. The molecule has 0 radical (unpaired) electrons. The second kappa shape index (κ2) is 5.90. The third-order valence-electron chi connectivity index (χ3n) is 1.85. The Kier molecular flexibility index (Phi) is 4.81. The maximum Gasteiger partial charge on any atom is 0.138 e. The first-order chi connectivity index (χ1) is 7.20. The summed E-state index contributed by atoms with van der Waals surface area (Å²) >= 11 is 5.83. The second-order valence-corrected chi connectivity index (χ2v) is 3.22. The fraction of sp³-hybridized carbons (Fsp3) is 0.400. The van der Waals surface area contributed by atoms with Gasteiger partial charge in [-0.3, -0.25) is 0 Å². The SMILES string of the molecule is COCCOc1ccc(F)c(CO)c1Cl. The Hall–Kier alpha value is -0.840. The molecule has 0 spiro atoms. The summed E-state index contributed by atoms with van der Waals surface area (Å²) in [5.74, 6) is -0.194. The fourth-order valence-corrected chi connectivity index (χ4v) is 1.34. The van der Waals surface area contributed by atoms with Crippen molar-refractivity contribution >= 4 is 11.6 Å². The highest BCUT2D eigenvalue weighted by Gasteiger charge is 2.11. The number of aliphatic hydroxyl groups is 1. The van der Waals surface area contributed by atoms with Gasteiger partial charge in [0.15, 0.2) is 0 Å². The molecule has 1 rings (SSSR count). The van der Waals surface area contributed by atoms with E-state index in [1.54, 1.807) is 7.11 Å². The molecule has 1 N–H and O–H groups in total. The lowest BCUT2D eigenvalue weighted by molar-refractivity contribution is 0.146. The number of aliphatic hydroxyl groups excluding tert-OH is 1. The van der Waals surface area contributed by atoms with Crippen LogP contribution in [-0.2, 0) is 11.3 Å². The van der Waals surface area contributed by atoms with Crippen molar-refractivity contribution in [1.29, 1.82) is 0 Å². The number of benzene rings is 1. The van der Waals surface area contributed by atoms with E-state index in [9.17, 15) is 4.39 Å². The van der Waals surface area contributed by atoms with E-state index < -0.39 is 12.4 Å². The van der Waals surface area contributed by atoms with Crippen molar-refractivity contribution in [2.75, 3.05) is 20.3 Å². The summed E-state index contributed by atoms with van der Waals surface area (Å²) in [6, 6.07) is 2.63. The zero-order valence-electron chi connectivity index (χ0n) is 8.30. The molecule has 0 saturated carbocycles. The molecule has 5 heteroatoms. The third-order valence-corrected chi connectivity index (χ3v) is 2.27. The van der Waals surface area contributed by atoms with E-state index in [1.165, 1.54) is 12.1 Å². The number of methoxy groups -OCH3 is 1. The van der Waals surface area contributed by atoms with Crippen LogP contribution in [0.1, 0.15) is 5.56 Å². The molecule has 0 heterocycles. The van der Waals surface area contributed by atoms with E-state index in [4.69, 9.17) is 26.2 Å². The number of ether oxygens (including phenoxy) is 2. The molecule has 15 heavy (non-hydrogen) atoms. The Balaban J connectivity index is 2.80. The van der Waals surface area contributed by atoms with Gasteiger partial charge >= 0.3 is 0 Å². The molecule has 0 saturated heterocycles. The van der Waals surface area contributed by atoms with Crippen LogP contribution in [-0.4, -0.2) is 25.4 Å². The van der Waals surface area contributed by atoms with Crippen LogP contribution >= 0.6 is 11.6 Å². The van der Waals surface area contributed by atoms with Crippen molar-refractivity contribution in [2.45, 2.75) is 6.61 Å². The molecular formula is C10H12ClFO3. The molecule has 0 aliphatic heterocycles. The summed E-state index contributed by atoms with van der Waals surface area (Å²) in [7, 11) is 1.55. The van der Waals surface area contributed by atoms with E-state index >= 15 is 0 Å². The molecule has 84 valence electrons. The first-order valence-corrected chi connectivity index (χ1v) is 4.78. The van der Waals surface area contributed by atoms with Crippen molar-refractivity contribution in [3.05, 3.63) is 28.5 Å². The molecule has 0 unspecified atom stereocenters. The van der Waals surface area contributed by atoms with E-state index in [-0.39, 0.29) is 10.6 Å². The molecule has 0 bridgehead atoms. The highest BCUT2D eigenvalue weighted by molar-refractivity contribution is 6.32. The highest BCUT2D eigenvalue weighted by Crippen LogP contribution is 2.30. The topological polar surface area (TPSA) is 38.7 Å². The van der Waals surface area contributed by atoms with Gasteiger partial charge in [0.05, 0.1) is 18.2 Å². The maximum absolute atomic E-state index is 13.1. The van der Waals surface area contributed by atoms with Crippen molar-refractivity contribution in [1.82, 2.24) is 0 Å². The Morgan fingerprint density at radius 1 is 1.40 bits per heavy atom. The van der Waals surface area contributed by atoms with Gasteiger partial charge in [-0.25, -0.2) is 4.39 Å². The lowest BCUT2D eigenvalue weighted by atomic mass is 10.2. The Bertz CT molecular complexity index is 331. The van der Waals surface area contributed by atoms with Gasteiger partial charge in [0.1, 0.15) is 18.2 Å². The first kappa shape index (κ1) is 12.2.